The number of hydrogen-bond donors (Lipinski definition) is 1. The summed E-state index contributed by atoms with van der Waals surface area (Å²) in [5.74, 6) is 0.590. The van der Waals surface area contributed by atoms with Crippen molar-refractivity contribution in [3.8, 4) is 0 Å². The summed E-state index contributed by atoms with van der Waals surface area (Å²) in [7, 11) is 1.78. The maximum absolute atomic E-state index is 12.5. The molecule has 1 atom stereocenters. The van der Waals surface area contributed by atoms with Gasteiger partial charge in [0.15, 0.2) is 0 Å². The maximum Gasteiger partial charge on any atom is 0.291 e. The van der Waals surface area contributed by atoms with Crippen LogP contribution in [0.5, 0.6) is 0 Å². The number of nitrogens with zero attached hydrogens (tertiary/aromatic N) is 3. The van der Waals surface area contributed by atoms with Gasteiger partial charge >= 0.3 is 0 Å². The van der Waals surface area contributed by atoms with Gasteiger partial charge in [0.05, 0.1) is 10.7 Å². The number of hydrogen-bond acceptors (Lipinski definition) is 4. The minimum absolute atomic E-state index is 0.0312. The molecule has 1 aliphatic carbocycles. The number of aromatic nitrogens is 2. The molecule has 1 unspecified atom stereocenters. The Balaban J connectivity index is 1.82. The summed E-state index contributed by atoms with van der Waals surface area (Å²) in [6.45, 7) is 1.38. The fourth-order valence-electron chi connectivity index (χ4n) is 2.78. The molecule has 3 rings (SSSR count). The van der Waals surface area contributed by atoms with E-state index >= 15 is 0 Å². The molecule has 0 spiro atoms. The smallest absolute Gasteiger partial charge is 0.291 e. The van der Waals surface area contributed by atoms with Crippen LogP contribution in [-0.4, -0.2) is 40.2 Å². The van der Waals surface area contributed by atoms with Crippen molar-refractivity contribution < 1.29 is 4.79 Å². The highest BCUT2D eigenvalue weighted by Crippen LogP contribution is 2.27. The van der Waals surface area contributed by atoms with Crippen molar-refractivity contribution in [3.63, 3.8) is 0 Å². The van der Waals surface area contributed by atoms with E-state index in [1.807, 2.05) is 0 Å². The SMILES string of the molecule is CN1CCC(Nc2c(Br)cnn(CC3CCC3)c2=O)C1=O. The van der Waals surface area contributed by atoms with Crippen LogP contribution in [0, 0.1) is 5.92 Å². The third kappa shape index (κ3) is 2.84. The molecular weight excluding hydrogens is 336 g/mol. The lowest BCUT2D eigenvalue weighted by Crippen LogP contribution is -2.36. The monoisotopic (exact) mass is 354 g/mol. The second kappa shape index (κ2) is 5.79. The topological polar surface area (TPSA) is 67.2 Å². The van der Waals surface area contributed by atoms with Gasteiger partial charge in [0.2, 0.25) is 5.91 Å². The first kappa shape index (κ1) is 14.6. The second-order valence-electron chi connectivity index (χ2n) is 5.90. The zero-order valence-electron chi connectivity index (χ0n) is 12.0. The lowest BCUT2D eigenvalue weighted by Gasteiger charge is -2.25. The van der Waals surface area contributed by atoms with Gasteiger partial charge in [-0.3, -0.25) is 9.59 Å². The summed E-state index contributed by atoms with van der Waals surface area (Å²) in [4.78, 5) is 26.2. The summed E-state index contributed by atoms with van der Waals surface area (Å²) in [6.07, 6.45) is 5.92. The number of carbonyl (C=O) groups is 1. The summed E-state index contributed by atoms with van der Waals surface area (Å²) in [6, 6.07) is -0.321. The van der Waals surface area contributed by atoms with E-state index in [9.17, 15) is 9.59 Å². The van der Waals surface area contributed by atoms with Crippen molar-refractivity contribution in [2.75, 3.05) is 18.9 Å². The molecule has 7 heteroatoms. The highest BCUT2D eigenvalue weighted by atomic mass is 79.9. The molecule has 114 valence electrons. The second-order valence-corrected chi connectivity index (χ2v) is 6.75. The number of halogens is 1. The average molecular weight is 355 g/mol. The van der Waals surface area contributed by atoms with Crippen LogP contribution in [0.3, 0.4) is 0 Å². The van der Waals surface area contributed by atoms with E-state index in [0.717, 1.165) is 6.54 Å². The van der Waals surface area contributed by atoms with Crippen LogP contribution in [-0.2, 0) is 11.3 Å². The van der Waals surface area contributed by atoms with Crippen molar-refractivity contribution >= 4 is 27.5 Å². The minimum atomic E-state index is -0.321. The third-order valence-electron chi connectivity index (χ3n) is 4.40. The van der Waals surface area contributed by atoms with Crippen LogP contribution >= 0.6 is 15.9 Å². The molecule has 1 saturated heterocycles. The molecule has 6 nitrogen and oxygen atoms in total. The molecule has 0 radical (unpaired) electrons. The first-order valence-corrected chi connectivity index (χ1v) is 8.12. The van der Waals surface area contributed by atoms with Crippen molar-refractivity contribution in [1.82, 2.24) is 14.7 Å². The minimum Gasteiger partial charge on any atom is -0.368 e. The Kier molecular flexibility index (Phi) is 4.01. The number of anilines is 1. The normalized spacial score (nSPS) is 22.5. The van der Waals surface area contributed by atoms with Crippen LogP contribution in [0.4, 0.5) is 5.69 Å². The van der Waals surface area contributed by atoms with Crippen LogP contribution in [0.2, 0.25) is 0 Å². The molecule has 1 aromatic heterocycles. The van der Waals surface area contributed by atoms with Gasteiger partial charge in [-0.25, -0.2) is 4.68 Å². The zero-order chi connectivity index (χ0) is 15.0. The largest absolute Gasteiger partial charge is 0.368 e. The lowest BCUT2D eigenvalue weighted by molar-refractivity contribution is -0.127. The van der Waals surface area contributed by atoms with Gasteiger partial charge < -0.3 is 10.2 Å². The highest BCUT2D eigenvalue weighted by molar-refractivity contribution is 9.10. The Hall–Kier alpha value is -1.37. The van der Waals surface area contributed by atoms with Crippen LogP contribution < -0.4 is 10.9 Å². The van der Waals surface area contributed by atoms with Crippen LogP contribution in [0.15, 0.2) is 15.5 Å². The summed E-state index contributed by atoms with van der Waals surface area (Å²) >= 11 is 3.36. The van der Waals surface area contributed by atoms with Gasteiger partial charge in [0.1, 0.15) is 11.7 Å². The Morgan fingerprint density at radius 1 is 1.38 bits per heavy atom. The number of likely N-dealkylation sites (tertiary alicyclic amines) is 1. The number of carbonyl (C=O) groups excluding carboxylic acids is 1. The van der Waals surface area contributed by atoms with Gasteiger partial charge in [-0.2, -0.15) is 5.10 Å². The quantitative estimate of drug-likeness (QED) is 0.888. The number of amides is 1. The number of rotatable bonds is 4. The van der Waals surface area contributed by atoms with E-state index in [2.05, 4.69) is 26.3 Å². The molecule has 1 N–H and O–H groups in total. The van der Waals surface area contributed by atoms with Gasteiger partial charge in [0.25, 0.3) is 5.56 Å². The number of likely N-dealkylation sites (N-methyl/N-ethyl adjacent to an activating group) is 1. The molecule has 21 heavy (non-hydrogen) atoms. The molecular formula is C14H19BrN4O2. The van der Waals surface area contributed by atoms with Gasteiger partial charge in [-0.1, -0.05) is 6.42 Å². The summed E-state index contributed by atoms with van der Waals surface area (Å²) in [5.41, 5.74) is 0.289. The van der Waals surface area contributed by atoms with E-state index in [1.165, 1.54) is 23.9 Å². The Labute approximate surface area is 131 Å². The van der Waals surface area contributed by atoms with Crippen LogP contribution in [0.25, 0.3) is 0 Å². The van der Waals surface area contributed by atoms with Gasteiger partial charge in [0, 0.05) is 20.1 Å². The molecule has 0 bridgehead atoms. The summed E-state index contributed by atoms with van der Waals surface area (Å²) < 4.78 is 2.12. The molecule has 1 amide bonds. The number of nitrogens with one attached hydrogen (secondary N) is 1. The Morgan fingerprint density at radius 3 is 2.71 bits per heavy atom. The summed E-state index contributed by atoms with van der Waals surface area (Å²) in [5, 5.41) is 7.29. The maximum atomic E-state index is 12.5. The zero-order valence-corrected chi connectivity index (χ0v) is 13.6. The van der Waals surface area contributed by atoms with Crippen molar-refractivity contribution in [1.29, 1.82) is 0 Å². The molecule has 1 saturated carbocycles. The Morgan fingerprint density at radius 2 is 2.14 bits per heavy atom. The van der Waals surface area contributed by atoms with E-state index in [4.69, 9.17) is 0 Å². The van der Waals surface area contributed by atoms with Gasteiger partial charge in [-0.15, -0.1) is 0 Å². The van der Waals surface area contributed by atoms with E-state index in [1.54, 1.807) is 18.1 Å². The molecule has 1 aromatic rings. The van der Waals surface area contributed by atoms with Crippen molar-refractivity contribution in [2.24, 2.45) is 5.92 Å². The van der Waals surface area contributed by atoms with Crippen molar-refractivity contribution in [3.05, 3.63) is 21.0 Å². The first-order chi connectivity index (χ1) is 10.1. The Bertz CT molecular complexity index is 611. The van der Waals surface area contributed by atoms with E-state index in [0.29, 0.717) is 29.0 Å². The van der Waals surface area contributed by atoms with Gasteiger partial charge in [-0.05, 0) is 41.1 Å². The predicted octanol–water partition coefficient (Wildman–Crippen LogP) is 1.45. The fourth-order valence-corrected chi connectivity index (χ4v) is 3.16. The molecule has 2 fully saturated rings. The fraction of sp³-hybridized carbons (Fsp3) is 0.643. The molecule has 2 heterocycles. The van der Waals surface area contributed by atoms with E-state index in [-0.39, 0.29) is 17.5 Å². The lowest BCUT2D eigenvalue weighted by atomic mass is 9.85. The first-order valence-electron chi connectivity index (χ1n) is 7.33. The third-order valence-corrected chi connectivity index (χ3v) is 5.00. The molecule has 1 aliphatic heterocycles. The highest BCUT2D eigenvalue weighted by Gasteiger charge is 2.30. The van der Waals surface area contributed by atoms with Crippen molar-refractivity contribution in [2.45, 2.75) is 38.3 Å². The molecule has 2 aliphatic rings. The molecule has 0 aromatic carbocycles. The standard InChI is InChI=1S/C14H19BrN4O2/c1-18-6-5-11(13(18)20)17-12-10(15)7-16-19(14(12)21)8-9-3-2-4-9/h7,9,11,17H,2-6,8H2,1H3. The van der Waals surface area contributed by atoms with Crippen LogP contribution in [0.1, 0.15) is 25.7 Å². The predicted molar refractivity (Wildman–Crippen MR) is 83.2 cm³/mol. The van der Waals surface area contributed by atoms with E-state index < -0.39 is 0 Å². The average Bonchev–Trinajstić information content (AvgIpc) is 2.72.